The second-order valence-corrected chi connectivity index (χ2v) is 3.72. The van der Waals surface area contributed by atoms with Crippen LogP contribution in [0.2, 0.25) is 0 Å². The molecule has 1 amide bonds. The third kappa shape index (κ3) is 2.82. The van der Waals surface area contributed by atoms with Crippen LogP contribution in [0.15, 0.2) is 0 Å². The molecule has 0 saturated carbocycles. The summed E-state index contributed by atoms with van der Waals surface area (Å²) in [6.45, 7) is -0.550. The van der Waals surface area contributed by atoms with Gasteiger partial charge in [-0.1, -0.05) is 0 Å². The van der Waals surface area contributed by atoms with Gasteiger partial charge in [-0.05, 0) is 0 Å². The van der Waals surface area contributed by atoms with Crippen molar-refractivity contribution in [3.63, 3.8) is 0 Å². The van der Waals surface area contributed by atoms with Crippen LogP contribution in [0, 0.1) is 0 Å². The molecule has 94 valence electrons. The Kier molecular flexibility index (Phi) is 4.90. The second-order valence-electron chi connectivity index (χ2n) is 3.46. The van der Waals surface area contributed by atoms with Crippen LogP contribution < -0.4 is 5.32 Å². The average Bonchev–Trinajstić information content (AvgIpc) is 2.28. The lowest BCUT2D eigenvalue weighted by Gasteiger charge is -2.40. The topological polar surface area (TPSA) is 119 Å². The Morgan fingerprint density at radius 1 is 1.31 bits per heavy atom. The molecule has 1 rings (SSSR count). The van der Waals surface area contributed by atoms with E-state index >= 15 is 0 Å². The van der Waals surface area contributed by atoms with E-state index in [1.165, 1.54) is 0 Å². The maximum absolute atomic E-state index is 11.0. The van der Waals surface area contributed by atoms with E-state index in [1.807, 2.05) is 0 Å². The van der Waals surface area contributed by atoms with Crippen LogP contribution in [0.5, 0.6) is 0 Å². The number of rotatable bonds is 3. The van der Waals surface area contributed by atoms with Gasteiger partial charge in [0, 0.05) is 0 Å². The largest absolute Gasteiger partial charge is 0.394 e. The number of alkyl halides is 1. The highest BCUT2D eigenvalue weighted by molar-refractivity contribution is 6.27. The Balaban J connectivity index is 2.67. The zero-order valence-corrected chi connectivity index (χ0v) is 9.04. The van der Waals surface area contributed by atoms with E-state index in [-0.39, 0.29) is 5.88 Å². The van der Waals surface area contributed by atoms with Gasteiger partial charge < -0.3 is 30.5 Å². The highest BCUT2D eigenvalue weighted by Gasteiger charge is 2.44. The molecular formula is C8H14ClNO6. The van der Waals surface area contributed by atoms with E-state index in [0.29, 0.717) is 0 Å². The van der Waals surface area contributed by atoms with Crippen molar-refractivity contribution in [3.05, 3.63) is 0 Å². The smallest absolute Gasteiger partial charge is 0.235 e. The molecule has 0 spiro atoms. The molecule has 1 fully saturated rings. The summed E-state index contributed by atoms with van der Waals surface area (Å²) in [4.78, 5) is 11.0. The standard InChI is InChI=1S/C8H14ClNO6/c9-1-4(12)10-5-7(14)6(13)3(2-11)16-8(5)15/h3,5-8,11,13-15H,1-2H2,(H,10,12)/t3?,5?,6?,7-,8?/m1/s1. The van der Waals surface area contributed by atoms with Crippen molar-refractivity contribution in [3.8, 4) is 0 Å². The van der Waals surface area contributed by atoms with Gasteiger partial charge >= 0.3 is 0 Å². The number of carbonyl (C=O) groups excluding carboxylic acids is 1. The maximum atomic E-state index is 11.0. The molecule has 0 aliphatic carbocycles. The molecule has 1 aliphatic rings. The van der Waals surface area contributed by atoms with E-state index in [9.17, 15) is 20.1 Å². The van der Waals surface area contributed by atoms with Crippen LogP contribution in [0.3, 0.4) is 0 Å². The van der Waals surface area contributed by atoms with E-state index in [1.54, 1.807) is 0 Å². The molecule has 5 N–H and O–H groups in total. The number of aliphatic hydroxyl groups excluding tert-OH is 4. The molecule has 1 heterocycles. The highest BCUT2D eigenvalue weighted by atomic mass is 35.5. The molecular weight excluding hydrogens is 242 g/mol. The number of hydrogen-bond donors (Lipinski definition) is 5. The number of hydrogen-bond acceptors (Lipinski definition) is 6. The normalized spacial score (nSPS) is 39.4. The van der Waals surface area contributed by atoms with Crippen molar-refractivity contribution >= 4 is 17.5 Å². The maximum Gasteiger partial charge on any atom is 0.235 e. The average molecular weight is 256 g/mol. The number of carbonyl (C=O) groups is 1. The summed E-state index contributed by atoms with van der Waals surface area (Å²) in [6.07, 6.45) is -5.43. The third-order valence-electron chi connectivity index (χ3n) is 2.35. The predicted molar refractivity (Wildman–Crippen MR) is 52.6 cm³/mol. The van der Waals surface area contributed by atoms with Crippen LogP contribution in [0.25, 0.3) is 0 Å². The Morgan fingerprint density at radius 2 is 1.94 bits per heavy atom. The van der Waals surface area contributed by atoms with Gasteiger partial charge in [0.1, 0.15) is 30.2 Å². The van der Waals surface area contributed by atoms with Gasteiger partial charge in [-0.25, -0.2) is 0 Å². The summed E-state index contributed by atoms with van der Waals surface area (Å²) in [7, 11) is 0. The van der Waals surface area contributed by atoms with Gasteiger partial charge in [-0.2, -0.15) is 0 Å². The van der Waals surface area contributed by atoms with Crippen LogP contribution >= 0.6 is 11.6 Å². The van der Waals surface area contributed by atoms with Crippen LogP contribution in [0.1, 0.15) is 0 Å². The quantitative estimate of drug-likeness (QED) is 0.346. The van der Waals surface area contributed by atoms with Crippen molar-refractivity contribution in [2.75, 3.05) is 12.5 Å². The number of amides is 1. The monoisotopic (exact) mass is 255 g/mol. The minimum atomic E-state index is -1.51. The third-order valence-corrected chi connectivity index (χ3v) is 2.59. The van der Waals surface area contributed by atoms with E-state index in [4.69, 9.17) is 21.4 Å². The molecule has 0 aromatic rings. The number of aliphatic hydroxyl groups is 4. The van der Waals surface area contributed by atoms with E-state index in [0.717, 1.165) is 0 Å². The lowest BCUT2D eigenvalue weighted by Crippen LogP contribution is -2.64. The SMILES string of the molecule is O=C(CCl)NC1C(O)OC(CO)C(O)[C@@H]1O. The van der Waals surface area contributed by atoms with Gasteiger partial charge in [0.25, 0.3) is 0 Å². The molecule has 0 radical (unpaired) electrons. The van der Waals surface area contributed by atoms with Gasteiger partial charge in [-0.15, -0.1) is 11.6 Å². The van der Waals surface area contributed by atoms with Crippen molar-refractivity contribution in [1.82, 2.24) is 5.32 Å². The fraction of sp³-hybridized carbons (Fsp3) is 0.875. The lowest BCUT2D eigenvalue weighted by molar-refractivity contribution is -0.253. The summed E-state index contributed by atoms with van der Waals surface area (Å²) in [5.74, 6) is -0.946. The number of ether oxygens (including phenoxy) is 1. The Hall–Kier alpha value is -0.440. The fourth-order valence-corrected chi connectivity index (χ4v) is 1.55. The summed E-state index contributed by atoms with van der Waals surface area (Å²) < 4.78 is 4.81. The van der Waals surface area contributed by atoms with Gasteiger partial charge in [0.05, 0.1) is 6.61 Å². The number of nitrogens with one attached hydrogen (secondary N) is 1. The van der Waals surface area contributed by atoms with E-state index < -0.39 is 43.2 Å². The Labute approximate surface area is 96.6 Å². The molecule has 7 nitrogen and oxygen atoms in total. The Bertz CT molecular complexity index is 253. The lowest BCUT2D eigenvalue weighted by atomic mass is 9.97. The van der Waals surface area contributed by atoms with Gasteiger partial charge in [-0.3, -0.25) is 4.79 Å². The molecule has 16 heavy (non-hydrogen) atoms. The molecule has 4 unspecified atom stereocenters. The second kappa shape index (κ2) is 5.76. The first kappa shape index (κ1) is 13.6. The van der Waals surface area contributed by atoms with Crippen molar-refractivity contribution in [2.45, 2.75) is 30.6 Å². The first-order chi connectivity index (χ1) is 7.51. The van der Waals surface area contributed by atoms with Crippen molar-refractivity contribution in [2.24, 2.45) is 0 Å². The number of halogens is 1. The Morgan fingerprint density at radius 3 is 2.44 bits per heavy atom. The van der Waals surface area contributed by atoms with Crippen molar-refractivity contribution < 1.29 is 30.0 Å². The summed E-state index contributed by atoms with van der Waals surface area (Å²) in [5.41, 5.74) is 0. The molecule has 8 heteroatoms. The molecule has 1 saturated heterocycles. The molecule has 5 atom stereocenters. The first-order valence-electron chi connectivity index (χ1n) is 4.67. The van der Waals surface area contributed by atoms with Crippen molar-refractivity contribution in [1.29, 1.82) is 0 Å². The van der Waals surface area contributed by atoms with Gasteiger partial charge in [0.15, 0.2) is 6.29 Å². The molecule has 0 aromatic carbocycles. The summed E-state index contributed by atoms with van der Waals surface area (Å²) >= 11 is 5.24. The predicted octanol–water partition coefficient (Wildman–Crippen LogP) is -2.86. The summed E-state index contributed by atoms with van der Waals surface area (Å²) in [6, 6.07) is -1.18. The van der Waals surface area contributed by atoms with Gasteiger partial charge in [0.2, 0.25) is 5.91 Å². The van der Waals surface area contributed by atoms with Crippen LogP contribution in [-0.4, -0.2) is 69.5 Å². The zero-order valence-electron chi connectivity index (χ0n) is 8.28. The highest BCUT2D eigenvalue weighted by Crippen LogP contribution is 2.19. The molecule has 0 aromatic heterocycles. The van der Waals surface area contributed by atoms with Crippen LogP contribution in [-0.2, 0) is 9.53 Å². The fourth-order valence-electron chi connectivity index (χ4n) is 1.48. The summed E-state index contributed by atoms with van der Waals surface area (Å²) in [5, 5.41) is 39.5. The zero-order chi connectivity index (χ0) is 12.3. The molecule has 1 aliphatic heterocycles. The van der Waals surface area contributed by atoms with E-state index in [2.05, 4.69) is 5.32 Å². The minimum Gasteiger partial charge on any atom is -0.394 e. The van der Waals surface area contributed by atoms with Crippen LogP contribution in [0.4, 0.5) is 0 Å². The molecule has 0 bridgehead atoms. The first-order valence-corrected chi connectivity index (χ1v) is 5.20. The minimum absolute atomic E-state index is 0.338.